The maximum Gasteiger partial charge on any atom is 0.311 e. The Bertz CT molecular complexity index is 2370. The van der Waals surface area contributed by atoms with E-state index in [-0.39, 0.29) is 82.3 Å². The number of aliphatic hydroxyl groups is 7. The highest BCUT2D eigenvalue weighted by Crippen LogP contribution is 2.71. The first-order chi connectivity index (χ1) is 38.4. The van der Waals surface area contributed by atoms with E-state index in [1.54, 1.807) is 62.3 Å². The number of likely N-dealkylation sites (N-methyl/N-ethyl adjacent to an activating group) is 1. The number of allylic oxidation sites excluding steroid dienone is 4. The average Bonchev–Trinajstić information content (AvgIpc) is 1.69. The van der Waals surface area contributed by atoms with Crippen LogP contribution in [0.1, 0.15) is 148 Å². The van der Waals surface area contributed by atoms with Crippen LogP contribution in [0, 0.1) is 46.3 Å². The molecule has 476 valence electrons. The van der Waals surface area contributed by atoms with Crippen LogP contribution in [0.2, 0.25) is 0 Å². The van der Waals surface area contributed by atoms with Crippen molar-refractivity contribution in [3.8, 4) is 0 Å². The second kappa shape index (κ2) is 25.1. The van der Waals surface area contributed by atoms with Gasteiger partial charge >= 0.3 is 5.97 Å². The Kier molecular flexibility index (Phi) is 20.5. The number of alkyl halides is 2. The first-order valence-corrected chi connectivity index (χ1v) is 30.7. The molecule has 3 saturated heterocycles. The first kappa shape index (κ1) is 67.9. The van der Waals surface area contributed by atoms with Crippen molar-refractivity contribution < 1.29 is 87.3 Å². The van der Waals surface area contributed by atoms with E-state index in [0.29, 0.717) is 13.0 Å². The van der Waals surface area contributed by atoms with Crippen molar-refractivity contribution in [3.05, 3.63) is 23.8 Å². The van der Waals surface area contributed by atoms with E-state index < -0.39 is 166 Å². The summed E-state index contributed by atoms with van der Waals surface area (Å²) in [7, 11) is 3.38. The van der Waals surface area contributed by atoms with Crippen LogP contribution in [0.25, 0.3) is 0 Å². The van der Waals surface area contributed by atoms with E-state index in [2.05, 4.69) is 5.32 Å². The highest BCUT2D eigenvalue weighted by Gasteiger charge is 2.77. The van der Waals surface area contributed by atoms with Crippen LogP contribution >= 0.6 is 0 Å². The van der Waals surface area contributed by atoms with E-state index >= 15 is 8.78 Å². The fraction of sp³-hybridized carbons (Fsp3) is 0.887. The summed E-state index contributed by atoms with van der Waals surface area (Å²) in [5.74, 6) is -6.92. The molecule has 83 heavy (non-hydrogen) atoms. The Balaban J connectivity index is 1.17. The molecule has 6 fully saturated rings. The van der Waals surface area contributed by atoms with Crippen molar-refractivity contribution in [3.63, 3.8) is 0 Å². The van der Waals surface area contributed by atoms with Crippen molar-refractivity contribution >= 4 is 17.7 Å². The molecular formula is C62H103F2N3O16. The van der Waals surface area contributed by atoms with Crippen LogP contribution in [0.5, 0.6) is 0 Å². The van der Waals surface area contributed by atoms with Crippen molar-refractivity contribution in [1.29, 1.82) is 0 Å². The van der Waals surface area contributed by atoms with Crippen LogP contribution in [0.15, 0.2) is 23.8 Å². The summed E-state index contributed by atoms with van der Waals surface area (Å²) < 4.78 is 72.5. The van der Waals surface area contributed by atoms with E-state index in [0.717, 1.165) is 6.08 Å². The van der Waals surface area contributed by atoms with Gasteiger partial charge < -0.3 is 74.4 Å². The molecule has 0 bridgehead atoms. The lowest BCUT2D eigenvalue weighted by molar-refractivity contribution is -0.318. The van der Waals surface area contributed by atoms with E-state index in [1.807, 2.05) is 37.6 Å². The number of hydrogen-bond donors (Lipinski definition) is 8. The van der Waals surface area contributed by atoms with Crippen LogP contribution in [0.3, 0.4) is 0 Å². The number of fused-ring (bicyclic) bond motifs is 5. The van der Waals surface area contributed by atoms with E-state index in [4.69, 9.17) is 28.4 Å². The lowest BCUT2D eigenvalue weighted by atomic mass is 9.44. The number of carbonyl (C=O) groups excluding carboxylic acids is 3. The quantitative estimate of drug-likeness (QED) is 0.0935. The monoisotopic (exact) mass is 1180 g/mol. The van der Waals surface area contributed by atoms with Gasteiger partial charge in [-0.1, -0.05) is 47.6 Å². The van der Waals surface area contributed by atoms with Gasteiger partial charge in [-0.3, -0.25) is 19.3 Å². The largest absolute Gasteiger partial charge is 0.459 e. The average molecular weight is 1180 g/mol. The van der Waals surface area contributed by atoms with Gasteiger partial charge in [-0.05, 0) is 149 Å². The number of nitrogens with zero attached hydrogens (tertiary/aromatic N) is 2. The molecule has 3 heterocycles. The summed E-state index contributed by atoms with van der Waals surface area (Å²) in [6.45, 7) is 25.0. The molecule has 0 aromatic carbocycles. The summed E-state index contributed by atoms with van der Waals surface area (Å²) in [4.78, 5) is 45.7. The lowest BCUT2D eigenvalue weighted by Crippen LogP contribution is -2.71. The highest BCUT2D eigenvalue weighted by molar-refractivity contribution is 6.01. The Labute approximate surface area is 491 Å². The zero-order chi connectivity index (χ0) is 62.1. The molecule has 3 aliphatic heterocycles. The van der Waals surface area contributed by atoms with Gasteiger partial charge in [0.05, 0.1) is 47.6 Å². The van der Waals surface area contributed by atoms with Gasteiger partial charge in [0.1, 0.15) is 36.2 Å². The Hall–Kier alpha value is -2.61. The minimum Gasteiger partial charge on any atom is -0.459 e. The first-order valence-electron chi connectivity index (χ1n) is 30.7. The minimum atomic E-state index is -2.39. The molecule has 27 atom stereocenters. The van der Waals surface area contributed by atoms with Crippen molar-refractivity contribution in [2.75, 3.05) is 40.3 Å². The fourth-order valence-electron chi connectivity index (χ4n) is 16.7. The third kappa shape index (κ3) is 12.1. The minimum absolute atomic E-state index is 0.0112. The molecule has 21 heteroatoms. The van der Waals surface area contributed by atoms with Gasteiger partial charge in [0.15, 0.2) is 29.6 Å². The maximum absolute atomic E-state index is 17.9. The number of nitrogens with one attached hydrogen (secondary N) is 1. The number of ether oxygens (including phenoxy) is 6. The predicted molar refractivity (Wildman–Crippen MR) is 303 cm³/mol. The number of amides is 1. The Morgan fingerprint density at radius 2 is 1.55 bits per heavy atom. The number of halogens is 2. The number of rotatable bonds is 13. The standard InChI is InChI=1S/C62H103F2N3O16/c1-17-46-60(14,76)50(71)37(8)67(23-19-22-65-55(74)62(77)33(4)24-40-41-27-43(63)42-26-39(68)20-21-56(42,10)61(41,64)45(69)29-57(40,62)11)31-32(3)28-58(12,75)52(83-54-48(70)44(66(15)18-2)25-34(5)79-54)35(6)49(36(7)53(73)81-46)82-47-30-59(13,78-16)51(72)38(9)80-47/h20-21,26,32-38,40-41,43-52,54,69-72,75-77H,17-19,22-25,27-31H2,1-16H3,(H,65,74)/t32-,33-,34-,35+,36-,37-,38+,40?,41?,43+,44+,45+,46-,47?,48-,49+,50-,51+,52-,54?,56+,57+,58-,59-,60-,61+,62+/m1/s1. The van der Waals surface area contributed by atoms with Gasteiger partial charge in [-0.15, -0.1) is 0 Å². The third-order valence-electron chi connectivity index (χ3n) is 21.9. The molecular weight excluding hydrogens is 1080 g/mol. The lowest BCUT2D eigenvalue weighted by Gasteiger charge is -2.63. The number of aliphatic hydroxyl groups excluding tert-OH is 4. The predicted octanol–water partition coefficient (Wildman–Crippen LogP) is 4.46. The molecule has 0 aromatic heterocycles. The van der Waals surface area contributed by atoms with Gasteiger partial charge in [0, 0.05) is 67.9 Å². The maximum atomic E-state index is 17.9. The highest BCUT2D eigenvalue weighted by atomic mass is 19.1. The number of cyclic esters (lactones) is 1. The zero-order valence-electron chi connectivity index (χ0n) is 52.2. The molecule has 1 amide bonds. The summed E-state index contributed by atoms with van der Waals surface area (Å²) in [6.07, 6.45) is -9.93. The molecule has 0 spiro atoms. The number of carbonyl (C=O) groups is 3. The molecule has 8 N–H and O–H groups in total. The molecule has 0 aromatic rings. The van der Waals surface area contributed by atoms with Crippen LogP contribution in [-0.2, 0) is 42.8 Å². The van der Waals surface area contributed by atoms with Gasteiger partial charge in [-0.2, -0.15) is 0 Å². The second-order valence-electron chi connectivity index (χ2n) is 27.7. The molecule has 4 unspecified atom stereocenters. The van der Waals surface area contributed by atoms with E-state index in [9.17, 15) is 50.1 Å². The van der Waals surface area contributed by atoms with Crippen LogP contribution in [-0.4, -0.2) is 217 Å². The Morgan fingerprint density at radius 1 is 0.892 bits per heavy atom. The second-order valence-corrected chi connectivity index (χ2v) is 27.7. The number of hydrogen-bond acceptors (Lipinski definition) is 18. The van der Waals surface area contributed by atoms with E-state index in [1.165, 1.54) is 33.1 Å². The van der Waals surface area contributed by atoms with Crippen molar-refractivity contribution in [2.45, 2.75) is 262 Å². The van der Waals surface area contributed by atoms with Gasteiger partial charge in [0.25, 0.3) is 5.91 Å². The summed E-state index contributed by atoms with van der Waals surface area (Å²) in [5, 5.41) is 88.5. The molecule has 0 radical (unpaired) electrons. The number of ketones is 1. The summed E-state index contributed by atoms with van der Waals surface area (Å²) >= 11 is 0. The smallest absolute Gasteiger partial charge is 0.311 e. The van der Waals surface area contributed by atoms with Gasteiger partial charge in [0.2, 0.25) is 0 Å². The van der Waals surface area contributed by atoms with Crippen LogP contribution in [0.4, 0.5) is 8.78 Å². The molecule has 19 nitrogen and oxygen atoms in total. The molecule has 7 aliphatic rings. The third-order valence-corrected chi connectivity index (χ3v) is 21.9. The van der Waals surface area contributed by atoms with Gasteiger partial charge in [-0.25, -0.2) is 8.78 Å². The summed E-state index contributed by atoms with van der Waals surface area (Å²) in [6, 6.07) is -1.20. The fourth-order valence-corrected chi connectivity index (χ4v) is 16.7. The SMILES string of the molecule is CC[C@H]1OC(=O)[C@H](C)[C@@H](OC2C[C@@](C)(OC)[C@@H](O)[C@H](C)O2)[C@H](C)[C@@H](OC2O[C@H](C)C[C@H](N(C)CC)[C@H]2O)[C@](C)(O)C[C@@H](C)CN(CCCNC(=O)[C@@]2(O)[C@H](C)CC3C4C[C@H](F)C5=CC(=O)C=C[C@]5(C)[C@@]4(F)[C@@H](O)C[C@@]32C)[C@H](C)[C@@H](O)[C@]1(C)O. The zero-order valence-corrected chi connectivity index (χ0v) is 52.2. The molecule has 4 aliphatic carbocycles. The molecule has 7 rings (SSSR count). The molecule has 3 saturated carbocycles. The van der Waals surface area contributed by atoms with Crippen LogP contribution < -0.4 is 5.32 Å². The summed E-state index contributed by atoms with van der Waals surface area (Å²) in [5.41, 5.74) is -12.4. The topological polar surface area (TPSA) is 267 Å². The number of methoxy groups -OCH3 is 1. The van der Waals surface area contributed by atoms with Crippen molar-refractivity contribution in [2.24, 2.45) is 46.3 Å². The Morgan fingerprint density at radius 3 is 2.18 bits per heavy atom. The number of esters is 1. The normalized spacial score (nSPS) is 50.3. The van der Waals surface area contributed by atoms with Crippen molar-refractivity contribution in [1.82, 2.24) is 15.1 Å².